The average Bonchev–Trinajstić information content (AvgIpc) is 2.71. The summed E-state index contributed by atoms with van der Waals surface area (Å²) < 4.78 is 0. The first-order valence-corrected chi connectivity index (χ1v) is 5.16. The van der Waals surface area contributed by atoms with E-state index in [9.17, 15) is 4.79 Å². The Morgan fingerprint density at radius 1 is 1.36 bits per heavy atom. The van der Waals surface area contributed by atoms with Gasteiger partial charge in [-0.25, -0.2) is 0 Å². The van der Waals surface area contributed by atoms with Crippen LogP contribution in [0.25, 0.3) is 10.4 Å². The third-order valence-electron chi connectivity index (χ3n) is 1.93. The standard InChI is InChI=1S/C11H9NOS/c1-8(13)10-5-4-9(7-12-10)11-3-2-6-14-11/h2-7H,1H3. The molecule has 0 N–H and O–H groups in total. The molecule has 0 unspecified atom stereocenters. The number of carbonyl (C=O) groups is 1. The molecule has 0 saturated carbocycles. The van der Waals surface area contributed by atoms with Gasteiger partial charge in [-0.05, 0) is 23.6 Å². The molecule has 3 heteroatoms. The molecule has 0 aliphatic heterocycles. The molecule has 2 aromatic heterocycles. The zero-order chi connectivity index (χ0) is 9.97. The molecule has 0 bridgehead atoms. The number of hydrogen-bond donors (Lipinski definition) is 0. The number of rotatable bonds is 2. The van der Waals surface area contributed by atoms with Crippen LogP contribution in [0.15, 0.2) is 35.8 Å². The minimum atomic E-state index is 0.00253. The number of Topliss-reactive ketones (excluding diaryl/α,β-unsaturated/α-hetero) is 1. The first-order valence-electron chi connectivity index (χ1n) is 4.28. The number of thiophene rings is 1. The fourth-order valence-corrected chi connectivity index (χ4v) is 1.91. The Kier molecular flexibility index (Phi) is 2.41. The highest BCUT2D eigenvalue weighted by molar-refractivity contribution is 7.13. The summed E-state index contributed by atoms with van der Waals surface area (Å²) in [6.45, 7) is 1.52. The SMILES string of the molecule is CC(=O)c1ccc(-c2cccs2)cn1. The summed E-state index contributed by atoms with van der Waals surface area (Å²) in [7, 11) is 0. The van der Waals surface area contributed by atoms with Crippen molar-refractivity contribution in [3.05, 3.63) is 41.5 Å². The topological polar surface area (TPSA) is 30.0 Å². The van der Waals surface area contributed by atoms with Crippen LogP contribution < -0.4 is 0 Å². The molecule has 2 nitrogen and oxygen atoms in total. The van der Waals surface area contributed by atoms with Gasteiger partial charge in [0.15, 0.2) is 5.78 Å². The van der Waals surface area contributed by atoms with E-state index in [2.05, 4.69) is 4.98 Å². The number of pyridine rings is 1. The van der Waals surface area contributed by atoms with E-state index in [0.29, 0.717) is 5.69 Å². The lowest BCUT2D eigenvalue weighted by atomic mass is 10.2. The van der Waals surface area contributed by atoms with Crippen molar-refractivity contribution >= 4 is 17.1 Å². The zero-order valence-electron chi connectivity index (χ0n) is 7.73. The molecule has 70 valence electrons. The summed E-state index contributed by atoms with van der Waals surface area (Å²) in [5, 5.41) is 2.02. The summed E-state index contributed by atoms with van der Waals surface area (Å²) in [6.07, 6.45) is 1.74. The Morgan fingerprint density at radius 3 is 2.71 bits per heavy atom. The van der Waals surface area contributed by atoms with E-state index in [1.165, 1.54) is 11.8 Å². The molecular formula is C11H9NOS. The van der Waals surface area contributed by atoms with Crippen molar-refractivity contribution in [3.63, 3.8) is 0 Å². The van der Waals surface area contributed by atoms with Gasteiger partial charge in [0.1, 0.15) is 5.69 Å². The van der Waals surface area contributed by atoms with Crippen LogP contribution in [-0.4, -0.2) is 10.8 Å². The van der Waals surface area contributed by atoms with Crippen LogP contribution in [0.5, 0.6) is 0 Å². The van der Waals surface area contributed by atoms with Crippen molar-refractivity contribution in [1.82, 2.24) is 4.98 Å². The first kappa shape index (κ1) is 9.09. The molecule has 0 atom stereocenters. The third-order valence-corrected chi connectivity index (χ3v) is 2.85. The Hall–Kier alpha value is -1.48. The molecule has 0 aromatic carbocycles. The minimum Gasteiger partial charge on any atom is -0.293 e. The van der Waals surface area contributed by atoms with Crippen molar-refractivity contribution in [2.24, 2.45) is 0 Å². The summed E-state index contributed by atoms with van der Waals surface area (Å²) in [5.74, 6) is 0.00253. The first-order chi connectivity index (χ1) is 6.77. The fraction of sp³-hybridized carbons (Fsp3) is 0.0909. The maximum absolute atomic E-state index is 11.0. The van der Waals surface area contributed by atoms with E-state index in [0.717, 1.165) is 5.56 Å². The Bertz CT molecular complexity index is 431. The lowest BCUT2D eigenvalue weighted by Crippen LogP contribution is -1.95. The van der Waals surface area contributed by atoms with Crippen molar-refractivity contribution in [1.29, 1.82) is 0 Å². The van der Waals surface area contributed by atoms with E-state index >= 15 is 0 Å². The fourth-order valence-electron chi connectivity index (χ4n) is 1.19. The Balaban J connectivity index is 2.36. The summed E-state index contributed by atoms with van der Waals surface area (Å²) in [4.78, 5) is 16.2. The normalized spacial score (nSPS) is 10.1. The molecular weight excluding hydrogens is 194 g/mol. The van der Waals surface area contributed by atoms with Gasteiger partial charge in [0.25, 0.3) is 0 Å². The van der Waals surface area contributed by atoms with Crippen LogP contribution in [0.3, 0.4) is 0 Å². The largest absolute Gasteiger partial charge is 0.293 e. The summed E-state index contributed by atoms with van der Waals surface area (Å²) in [5.41, 5.74) is 1.58. The third kappa shape index (κ3) is 1.72. The van der Waals surface area contributed by atoms with E-state index in [-0.39, 0.29) is 5.78 Å². The highest BCUT2D eigenvalue weighted by atomic mass is 32.1. The van der Waals surface area contributed by atoms with Gasteiger partial charge in [-0.2, -0.15) is 0 Å². The molecule has 0 amide bonds. The number of ketones is 1. The Labute approximate surface area is 86.2 Å². The highest BCUT2D eigenvalue weighted by Gasteiger charge is 2.02. The van der Waals surface area contributed by atoms with Crippen LogP contribution in [-0.2, 0) is 0 Å². The smallest absolute Gasteiger partial charge is 0.178 e. The number of hydrogen-bond acceptors (Lipinski definition) is 3. The molecule has 2 rings (SSSR count). The van der Waals surface area contributed by atoms with E-state index in [4.69, 9.17) is 0 Å². The van der Waals surface area contributed by atoms with Gasteiger partial charge >= 0.3 is 0 Å². The molecule has 0 spiro atoms. The van der Waals surface area contributed by atoms with E-state index in [1.54, 1.807) is 23.6 Å². The second kappa shape index (κ2) is 3.72. The highest BCUT2D eigenvalue weighted by Crippen LogP contribution is 2.23. The number of nitrogens with zero attached hydrogens (tertiary/aromatic N) is 1. The molecule has 0 aliphatic carbocycles. The second-order valence-electron chi connectivity index (χ2n) is 2.97. The number of aromatic nitrogens is 1. The average molecular weight is 203 g/mol. The minimum absolute atomic E-state index is 0.00253. The predicted molar refractivity (Wildman–Crippen MR) is 57.6 cm³/mol. The van der Waals surface area contributed by atoms with E-state index in [1.807, 2.05) is 23.6 Å². The van der Waals surface area contributed by atoms with Gasteiger partial charge in [-0.1, -0.05) is 6.07 Å². The van der Waals surface area contributed by atoms with Crippen LogP contribution in [0.1, 0.15) is 17.4 Å². The maximum atomic E-state index is 11.0. The summed E-state index contributed by atoms with van der Waals surface area (Å²) in [6, 6.07) is 7.72. The van der Waals surface area contributed by atoms with Gasteiger partial charge in [-0.15, -0.1) is 11.3 Å². The lowest BCUT2D eigenvalue weighted by Gasteiger charge is -1.97. The maximum Gasteiger partial charge on any atom is 0.178 e. The monoisotopic (exact) mass is 203 g/mol. The van der Waals surface area contributed by atoms with Gasteiger partial charge in [0.2, 0.25) is 0 Å². The van der Waals surface area contributed by atoms with Gasteiger partial charge in [-0.3, -0.25) is 9.78 Å². The van der Waals surface area contributed by atoms with Gasteiger partial charge in [0, 0.05) is 23.6 Å². The van der Waals surface area contributed by atoms with E-state index < -0.39 is 0 Å². The van der Waals surface area contributed by atoms with Crippen molar-refractivity contribution in [2.75, 3.05) is 0 Å². The van der Waals surface area contributed by atoms with Crippen molar-refractivity contribution < 1.29 is 4.79 Å². The van der Waals surface area contributed by atoms with Crippen molar-refractivity contribution in [3.8, 4) is 10.4 Å². The predicted octanol–water partition coefficient (Wildman–Crippen LogP) is 3.01. The quantitative estimate of drug-likeness (QED) is 0.702. The van der Waals surface area contributed by atoms with Crippen LogP contribution in [0.2, 0.25) is 0 Å². The van der Waals surface area contributed by atoms with Crippen LogP contribution in [0, 0.1) is 0 Å². The molecule has 0 aliphatic rings. The summed E-state index contributed by atoms with van der Waals surface area (Å²) >= 11 is 1.67. The van der Waals surface area contributed by atoms with Crippen LogP contribution >= 0.6 is 11.3 Å². The molecule has 14 heavy (non-hydrogen) atoms. The molecule has 0 radical (unpaired) electrons. The molecule has 0 saturated heterocycles. The van der Waals surface area contributed by atoms with Gasteiger partial charge < -0.3 is 0 Å². The zero-order valence-corrected chi connectivity index (χ0v) is 8.54. The molecule has 2 heterocycles. The Morgan fingerprint density at radius 2 is 2.21 bits per heavy atom. The molecule has 0 fully saturated rings. The lowest BCUT2D eigenvalue weighted by molar-refractivity contribution is 0.101. The number of carbonyl (C=O) groups excluding carboxylic acids is 1. The van der Waals surface area contributed by atoms with Crippen molar-refractivity contribution in [2.45, 2.75) is 6.92 Å². The van der Waals surface area contributed by atoms with Gasteiger partial charge in [0.05, 0.1) is 0 Å². The second-order valence-corrected chi connectivity index (χ2v) is 3.91. The van der Waals surface area contributed by atoms with Crippen LogP contribution in [0.4, 0.5) is 0 Å². The molecule has 2 aromatic rings.